The van der Waals surface area contributed by atoms with Gasteiger partial charge >= 0.3 is 0 Å². The molecule has 1 aliphatic rings. The maximum absolute atomic E-state index is 4.31. The normalized spacial score (nSPS) is 29.2. The van der Waals surface area contributed by atoms with Crippen LogP contribution in [0, 0.1) is 18.3 Å². The van der Waals surface area contributed by atoms with Gasteiger partial charge in [0.1, 0.15) is 0 Å². The lowest BCUT2D eigenvalue weighted by molar-refractivity contribution is 0.568. The van der Waals surface area contributed by atoms with Crippen LogP contribution in [0.5, 0.6) is 0 Å². The van der Waals surface area contributed by atoms with E-state index >= 15 is 0 Å². The molecule has 0 bridgehead atoms. The van der Waals surface area contributed by atoms with Gasteiger partial charge in [0.25, 0.3) is 0 Å². The number of rotatable bonds is 2. The fraction of sp³-hybridized carbons (Fsp3) is 0.727. The lowest BCUT2D eigenvalue weighted by Gasteiger charge is -2.04. The molecule has 0 amide bonds. The highest BCUT2D eigenvalue weighted by Gasteiger charge is 2.58. The van der Waals surface area contributed by atoms with E-state index in [2.05, 4.69) is 41.8 Å². The summed E-state index contributed by atoms with van der Waals surface area (Å²) >= 11 is 3.60. The second-order valence-corrected chi connectivity index (χ2v) is 5.54. The third kappa shape index (κ3) is 1.25. The summed E-state index contributed by atoms with van der Waals surface area (Å²) in [6, 6.07) is 0. The second kappa shape index (κ2) is 3.09. The third-order valence-electron chi connectivity index (χ3n) is 3.69. The van der Waals surface area contributed by atoms with Crippen molar-refractivity contribution in [1.29, 1.82) is 0 Å². The quantitative estimate of drug-likeness (QED) is 0.745. The number of hydrogen-bond acceptors (Lipinski definition) is 1. The summed E-state index contributed by atoms with van der Waals surface area (Å²) in [5.41, 5.74) is 3.18. The van der Waals surface area contributed by atoms with Gasteiger partial charge in [-0.25, -0.2) is 0 Å². The lowest BCUT2D eigenvalue weighted by Crippen LogP contribution is -2.00. The molecule has 1 saturated carbocycles. The zero-order chi connectivity index (χ0) is 10.5. The number of aromatic nitrogens is 2. The Balaban J connectivity index is 2.35. The van der Waals surface area contributed by atoms with Crippen LogP contribution in [0.2, 0.25) is 0 Å². The summed E-state index contributed by atoms with van der Waals surface area (Å²) in [7, 11) is 2.04. The summed E-state index contributed by atoms with van der Waals surface area (Å²) in [6.45, 7) is 6.84. The Bertz CT molecular complexity index is 335. The SMILES string of the molecule is Cc1cnn(C)c1C1C(CBr)C1(C)C. The predicted molar refractivity (Wildman–Crippen MR) is 61.8 cm³/mol. The highest BCUT2D eigenvalue weighted by Crippen LogP contribution is 2.65. The molecule has 0 radical (unpaired) electrons. The van der Waals surface area contributed by atoms with Gasteiger partial charge in [-0.05, 0) is 23.8 Å². The minimum atomic E-state index is 0.433. The lowest BCUT2D eigenvalue weighted by atomic mass is 10.1. The Hall–Kier alpha value is -0.310. The second-order valence-electron chi connectivity index (χ2n) is 4.90. The van der Waals surface area contributed by atoms with Crippen molar-refractivity contribution in [3.8, 4) is 0 Å². The van der Waals surface area contributed by atoms with E-state index in [9.17, 15) is 0 Å². The molecule has 0 aliphatic heterocycles. The van der Waals surface area contributed by atoms with Crippen LogP contribution in [0.15, 0.2) is 6.20 Å². The molecule has 0 aromatic carbocycles. The summed E-state index contributed by atoms with van der Waals surface area (Å²) < 4.78 is 2.03. The van der Waals surface area contributed by atoms with Crippen molar-refractivity contribution >= 4 is 15.9 Å². The van der Waals surface area contributed by atoms with Crippen molar-refractivity contribution in [1.82, 2.24) is 9.78 Å². The van der Waals surface area contributed by atoms with Crippen molar-refractivity contribution in [2.45, 2.75) is 26.7 Å². The average molecular weight is 257 g/mol. The van der Waals surface area contributed by atoms with Crippen LogP contribution in [-0.2, 0) is 7.05 Å². The first-order valence-corrected chi connectivity index (χ1v) is 6.16. The third-order valence-corrected chi connectivity index (χ3v) is 4.39. The van der Waals surface area contributed by atoms with Crippen LogP contribution >= 0.6 is 15.9 Å². The van der Waals surface area contributed by atoms with Crippen molar-refractivity contribution < 1.29 is 0 Å². The van der Waals surface area contributed by atoms with Gasteiger partial charge in [0, 0.05) is 24.0 Å². The molecule has 1 aromatic rings. The van der Waals surface area contributed by atoms with Gasteiger partial charge in [-0.15, -0.1) is 0 Å². The Morgan fingerprint density at radius 3 is 2.57 bits per heavy atom. The predicted octanol–water partition coefficient (Wildman–Crippen LogP) is 2.86. The smallest absolute Gasteiger partial charge is 0.0521 e. The van der Waals surface area contributed by atoms with E-state index in [1.165, 1.54) is 11.3 Å². The molecule has 1 fully saturated rings. The van der Waals surface area contributed by atoms with Gasteiger partial charge in [0.15, 0.2) is 0 Å². The van der Waals surface area contributed by atoms with Crippen molar-refractivity contribution in [2.75, 3.05) is 5.33 Å². The molecule has 2 atom stereocenters. The van der Waals surface area contributed by atoms with E-state index < -0.39 is 0 Å². The molecule has 0 spiro atoms. The average Bonchev–Trinajstić information content (AvgIpc) is 2.48. The number of alkyl halides is 1. The maximum Gasteiger partial charge on any atom is 0.0521 e. The Kier molecular flexibility index (Phi) is 2.25. The molecule has 0 N–H and O–H groups in total. The topological polar surface area (TPSA) is 17.8 Å². The molecule has 0 saturated heterocycles. The van der Waals surface area contributed by atoms with Gasteiger partial charge in [0.05, 0.1) is 6.20 Å². The van der Waals surface area contributed by atoms with Gasteiger partial charge in [-0.3, -0.25) is 4.68 Å². The van der Waals surface area contributed by atoms with Crippen LogP contribution in [-0.4, -0.2) is 15.1 Å². The van der Waals surface area contributed by atoms with E-state index in [0.29, 0.717) is 11.3 Å². The monoisotopic (exact) mass is 256 g/mol. The molecule has 14 heavy (non-hydrogen) atoms. The van der Waals surface area contributed by atoms with Gasteiger partial charge < -0.3 is 0 Å². The molecule has 3 heteroatoms. The first-order chi connectivity index (χ1) is 6.50. The molecule has 78 valence electrons. The number of halogens is 1. The summed E-state index contributed by atoms with van der Waals surface area (Å²) in [6.07, 6.45) is 1.97. The molecular weight excluding hydrogens is 240 g/mol. The van der Waals surface area contributed by atoms with Crippen molar-refractivity contribution in [3.63, 3.8) is 0 Å². The highest BCUT2D eigenvalue weighted by atomic mass is 79.9. The minimum Gasteiger partial charge on any atom is -0.272 e. The molecule has 1 aliphatic carbocycles. The maximum atomic E-state index is 4.31. The Morgan fingerprint density at radius 1 is 1.57 bits per heavy atom. The van der Waals surface area contributed by atoms with E-state index in [1.54, 1.807) is 0 Å². The first kappa shape index (κ1) is 10.2. The number of hydrogen-bond donors (Lipinski definition) is 0. The van der Waals surface area contributed by atoms with E-state index in [0.717, 1.165) is 11.2 Å². The fourth-order valence-corrected chi connectivity index (χ4v) is 3.79. The van der Waals surface area contributed by atoms with E-state index in [-0.39, 0.29) is 0 Å². The Morgan fingerprint density at radius 2 is 2.21 bits per heavy atom. The first-order valence-electron chi connectivity index (χ1n) is 5.04. The van der Waals surface area contributed by atoms with Crippen LogP contribution in [0.25, 0.3) is 0 Å². The molecular formula is C11H17BrN2. The molecule has 1 aromatic heterocycles. The van der Waals surface area contributed by atoms with Crippen LogP contribution < -0.4 is 0 Å². The molecule has 1 heterocycles. The van der Waals surface area contributed by atoms with Gasteiger partial charge in [-0.2, -0.15) is 5.10 Å². The minimum absolute atomic E-state index is 0.433. The summed E-state index contributed by atoms with van der Waals surface area (Å²) in [5.74, 6) is 1.44. The van der Waals surface area contributed by atoms with Gasteiger partial charge in [0.2, 0.25) is 0 Å². The highest BCUT2D eigenvalue weighted by molar-refractivity contribution is 9.09. The zero-order valence-corrected chi connectivity index (χ0v) is 10.8. The molecule has 2 unspecified atom stereocenters. The van der Waals surface area contributed by atoms with Crippen LogP contribution in [0.3, 0.4) is 0 Å². The fourth-order valence-electron chi connectivity index (χ4n) is 2.58. The number of nitrogens with zero attached hydrogens (tertiary/aromatic N) is 2. The van der Waals surface area contributed by atoms with Gasteiger partial charge in [-0.1, -0.05) is 29.8 Å². The van der Waals surface area contributed by atoms with Crippen LogP contribution in [0.4, 0.5) is 0 Å². The molecule has 2 rings (SSSR count). The standard InChI is InChI=1S/C11H17BrN2/c1-7-6-13-14(4)10(7)9-8(5-12)11(9,2)3/h6,8-9H,5H2,1-4H3. The van der Waals surface area contributed by atoms with E-state index in [4.69, 9.17) is 0 Å². The summed E-state index contributed by atoms with van der Waals surface area (Å²) in [5, 5.41) is 5.41. The Labute approximate surface area is 93.8 Å². The van der Waals surface area contributed by atoms with E-state index in [1.807, 2.05) is 17.9 Å². The van der Waals surface area contributed by atoms with Crippen molar-refractivity contribution in [2.24, 2.45) is 18.4 Å². The largest absolute Gasteiger partial charge is 0.272 e. The zero-order valence-electron chi connectivity index (χ0n) is 9.21. The number of aryl methyl sites for hydroxylation is 2. The molecule has 2 nitrogen and oxygen atoms in total. The van der Waals surface area contributed by atoms with Crippen molar-refractivity contribution in [3.05, 3.63) is 17.5 Å². The summed E-state index contributed by atoms with van der Waals surface area (Å²) in [4.78, 5) is 0. The van der Waals surface area contributed by atoms with Crippen LogP contribution in [0.1, 0.15) is 31.0 Å².